The molecule has 0 saturated heterocycles. The first-order valence-corrected chi connectivity index (χ1v) is 7.37. The van der Waals surface area contributed by atoms with Crippen molar-refractivity contribution in [3.8, 4) is 0 Å². The van der Waals surface area contributed by atoms with Crippen molar-refractivity contribution in [3.63, 3.8) is 0 Å². The van der Waals surface area contributed by atoms with E-state index in [1.807, 2.05) is 17.8 Å². The third-order valence-electron chi connectivity index (χ3n) is 2.53. The normalized spacial score (nSPS) is 10.5. The summed E-state index contributed by atoms with van der Waals surface area (Å²) in [5, 5.41) is 3.36. The van der Waals surface area contributed by atoms with E-state index in [0.717, 1.165) is 31.9 Å². The van der Waals surface area contributed by atoms with Crippen molar-refractivity contribution >= 4 is 11.8 Å². The van der Waals surface area contributed by atoms with Gasteiger partial charge in [-0.3, -0.25) is 0 Å². The molecule has 0 heterocycles. The van der Waals surface area contributed by atoms with Gasteiger partial charge in [0.2, 0.25) is 0 Å². The Kier molecular flexibility index (Phi) is 8.65. The molecule has 2 nitrogen and oxygen atoms in total. The van der Waals surface area contributed by atoms with Crippen molar-refractivity contribution < 1.29 is 4.74 Å². The summed E-state index contributed by atoms with van der Waals surface area (Å²) in [6, 6.07) is 8.73. The molecule has 100 valence electrons. The molecule has 0 fully saturated rings. The first kappa shape index (κ1) is 15.3. The average molecular weight is 265 g/mol. The zero-order valence-electron chi connectivity index (χ0n) is 11.2. The molecule has 0 radical (unpaired) electrons. The lowest BCUT2D eigenvalue weighted by Crippen LogP contribution is -2.18. The van der Waals surface area contributed by atoms with E-state index in [1.54, 1.807) is 7.11 Å². The highest BCUT2D eigenvalue weighted by molar-refractivity contribution is 7.99. The molecule has 0 unspecified atom stereocenters. The largest absolute Gasteiger partial charge is 0.383 e. The SMILES string of the molecule is C=CCCCSc1cccc(CNCCOC)c1. The van der Waals surface area contributed by atoms with E-state index in [0.29, 0.717) is 0 Å². The molecule has 0 spiro atoms. The predicted molar refractivity (Wildman–Crippen MR) is 80.2 cm³/mol. The van der Waals surface area contributed by atoms with Crippen molar-refractivity contribution in [1.82, 2.24) is 5.32 Å². The lowest BCUT2D eigenvalue weighted by molar-refractivity contribution is 0.199. The second kappa shape index (κ2) is 10.2. The van der Waals surface area contributed by atoms with E-state index in [4.69, 9.17) is 4.74 Å². The first-order valence-electron chi connectivity index (χ1n) is 6.39. The molecule has 0 aliphatic carbocycles. The molecule has 0 aliphatic heterocycles. The lowest BCUT2D eigenvalue weighted by Gasteiger charge is -2.06. The third kappa shape index (κ3) is 6.84. The van der Waals surface area contributed by atoms with Gasteiger partial charge in [-0.05, 0) is 36.3 Å². The molecular formula is C15H23NOS. The van der Waals surface area contributed by atoms with Crippen molar-refractivity contribution in [2.24, 2.45) is 0 Å². The minimum absolute atomic E-state index is 0.760. The third-order valence-corrected chi connectivity index (χ3v) is 3.61. The molecule has 0 saturated carbocycles. The quantitative estimate of drug-likeness (QED) is 0.397. The van der Waals surface area contributed by atoms with Gasteiger partial charge in [0.1, 0.15) is 0 Å². The lowest BCUT2D eigenvalue weighted by atomic mass is 10.2. The molecule has 3 heteroatoms. The van der Waals surface area contributed by atoms with Gasteiger partial charge >= 0.3 is 0 Å². The zero-order valence-corrected chi connectivity index (χ0v) is 12.0. The van der Waals surface area contributed by atoms with Gasteiger partial charge in [0.05, 0.1) is 6.61 Å². The number of nitrogens with one attached hydrogen (secondary N) is 1. The number of hydrogen-bond acceptors (Lipinski definition) is 3. The summed E-state index contributed by atoms with van der Waals surface area (Å²) in [5.41, 5.74) is 1.33. The van der Waals surface area contributed by atoms with Crippen LogP contribution in [0.4, 0.5) is 0 Å². The average Bonchev–Trinajstić information content (AvgIpc) is 2.40. The molecule has 18 heavy (non-hydrogen) atoms. The van der Waals surface area contributed by atoms with Crippen LogP contribution >= 0.6 is 11.8 Å². The Morgan fingerprint density at radius 1 is 1.44 bits per heavy atom. The van der Waals surface area contributed by atoms with Crippen molar-refractivity contribution in [1.29, 1.82) is 0 Å². The standard InChI is InChI=1S/C15H23NOS/c1-3-4-5-11-18-15-8-6-7-14(12-15)13-16-9-10-17-2/h3,6-8,12,16H,1,4-5,9-11,13H2,2H3. The van der Waals surface area contributed by atoms with Crippen molar-refractivity contribution in [3.05, 3.63) is 42.5 Å². The zero-order chi connectivity index (χ0) is 13.1. The second-order valence-electron chi connectivity index (χ2n) is 4.10. The van der Waals surface area contributed by atoms with E-state index >= 15 is 0 Å². The van der Waals surface area contributed by atoms with Crippen LogP contribution in [0.2, 0.25) is 0 Å². The monoisotopic (exact) mass is 265 g/mol. The Morgan fingerprint density at radius 2 is 2.33 bits per heavy atom. The van der Waals surface area contributed by atoms with Crippen LogP contribution in [0.1, 0.15) is 18.4 Å². The predicted octanol–water partition coefficient (Wildman–Crippen LogP) is 3.48. The number of unbranched alkanes of at least 4 members (excludes halogenated alkanes) is 1. The van der Waals surface area contributed by atoms with Crippen LogP contribution in [-0.4, -0.2) is 26.0 Å². The topological polar surface area (TPSA) is 21.3 Å². The van der Waals surface area contributed by atoms with E-state index in [9.17, 15) is 0 Å². The van der Waals surface area contributed by atoms with Crippen LogP contribution in [0.3, 0.4) is 0 Å². The van der Waals surface area contributed by atoms with Crippen LogP contribution in [0, 0.1) is 0 Å². The van der Waals surface area contributed by atoms with Crippen molar-refractivity contribution in [2.75, 3.05) is 26.0 Å². The fraction of sp³-hybridized carbons (Fsp3) is 0.467. The van der Waals surface area contributed by atoms with Crippen LogP contribution in [0.25, 0.3) is 0 Å². The maximum absolute atomic E-state index is 5.00. The molecule has 0 aliphatic rings. The molecule has 0 bridgehead atoms. The van der Waals surface area contributed by atoms with Crippen LogP contribution in [-0.2, 0) is 11.3 Å². The Labute approximate surface area is 115 Å². The Bertz CT molecular complexity index is 341. The van der Waals surface area contributed by atoms with Crippen molar-refractivity contribution in [2.45, 2.75) is 24.3 Å². The Balaban J connectivity index is 2.29. The number of thioether (sulfide) groups is 1. The number of hydrogen-bond donors (Lipinski definition) is 1. The maximum Gasteiger partial charge on any atom is 0.0587 e. The summed E-state index contributed by atoms with van der Waals surface area (Å²) in [5.74, 6) is 1.16. The molecule has 0 amide bonds. The van der Waals surface area contributed by atoms with E-state index in [1.165, 1.54) is 16.9 Å². The van der Waals surface area contributed by atoms with E-state index in [2.05, 4.69) is 36.2 Å². The van der Waals surface area contributed by atoms with Crippen LogP contribution < -0.4 is 5.32 Å². The van der Waals surface area contributed by atoms with Gasteiger partial charge in [-0.2, -0.15) is 0 Å². The van der Waals surface area contributed by atoms with Gasteiger partial charge in [-0.15, -0.1) is 18.3 Å². The maximum atomic E-state index is 5.00. The Morgan fingerprint density at radius 3 is 3.11 bits per heavy atom. The number of methoxy groups -OCH3 is 1. The van der Waals surface area contributed by atoms with E-state index in [-0.39, 0.29) is 0 Å². The van der Waals surface area contributed by atoms with Gasteiger partial charge in [-0.25, -0.2) is 0 Å². The number of ether oxygens (including phenoxy) is 1. The highest BCUT2D eigenvalue weighted by atomic mass is 32.2. The highest BCUT2D eigenvalue weighted by Crippen LogP contribution is 2.20. The smallest absolute Gasteiger partial charge is 0.0587 e. The van der Waals surface area contributed by atoms with Gasteiger partial charge < -0.3 is 10.1 Å². The van der Waals surface area contributed by atoms with Crippen LogP contribution in [0.15, 0.2) is 41.8 Å². The van der Waals surface area contributed by atoms with Gasteiger partial charge in [-0.1, -0.05) is 18.2 Å². The summed E-state index contributed by atoms with van der Waals surface area (Å²) in [6.07, 6.45) is 4.28. The summed E-state index contributed by atoms with van der Waals surface area (Å²) >= 11 is 1.92. The number of rotatable bonds is 10. The van der Waals surface area contributed by atoms with E-state index < -0.39 is 0 Å². The van der Waals surface area contributed by atoms with Gasteiger partial charge in [0.15, 0.2) is 0 Å². The molecular weight excluding hydrogens is 242 g/mol. The minimum Gasteiger partial charge on any atom is -0.383 e. The van der Waals surface area contributed by atoms with Crippen LogP contribution in [0.5, 0.6) is 0 Å². The molecule has 1 rings (SSSR count). The number of benzene rings is 1. The molecule has 1 aromatic rings. The molecule has 0 aromatic heterocycles. The molecule has 0 atom stereocenters. The highest BCUT2D eigenvalue weighted by Gasteiger charge is 1.97. The van der Waals surface area contributed by atoms with Gasteiger partial charge in [0.25, 0.3) is 0 Å². The summed E-state index contributed by atoms with van der Waals surface area (Å²) in [7, 11) is 1.72. The minimum atomic E-state index is 0.760. The van der Waals surface area contributed by atoms with Gasteiger partial charge in [0, 0.05) is 25.1 Å². The molecule has 1 aromatic carbocycles. The second-order valence-corrected chi connectivity index (χ2v) is 5.26. The number of allylic oxidation sites excluding steroid dienone is 1. The summed E-state index contributed by atoms with van der Waals surface area (Å²) in [4.78, 5) is 1.35. The first-order chi connectivity index (χ1) is 8.86. The fourth-order valence-electron chi connectivity index (χ4n) is 1.57. The summed E-state index contributed by atoms with van der Waals surface area (Å²) < 4.78 is 5.00. The molecule has 1 N–H and O–H groups in total. The fourth-order valence-corrected chi connectivity index (χ4v) is 2.53. The Hall–Kier alpha value is -0.770. The summed E-state index contributed by atoms with van der Waals surface area (Å²) in [6.45, 7) is 6.30.